The minimum Gasteiger partial charge on any atom is -0.478 e. The number of hydrogen-bond acceptors (Lipinski definition) is 6. The molecule has 1 saturated carbocycles. The molecule has 1 heterocycles. The summed E-state index contributed by atoms with van der Waals surface area (Å²) in [5, 5.41) is 26.1. The van der Waals surface area contributed by atoms with E-state index < -0.39 is 30.6 Å². The zero-order valence-electron chi connectivity index (χ0n) is 15.4. The standard InChI is InChI=1S/C11H16F3N7O.C4H4O4/c12-11(13,14)5-17-10(16)19-8-4-18-21(20-8)7-2-1-6(3-7)9(15)22;5-3(6)1-2-4(7)8/h4,6-7H,1-3,5H2,(H2,15,22)(H3,16,17,19,20);1-2H,(H,5,6)(H,7,8). The van der Waals surface area contributed by atoms with Gasteiger partial charge in [0.1, 0.15) is 6.54 Å². The third-order valence-electron chi connectivity index (χ3n) is 3.70. The lowest BCUT2D eigenvalue weighted by molar-refractivity contribution is -0.134. The van der Waals surface area contributed by atoms with Gasteiger partial charge in [-0.2, -0.15) is 23.1 Å². The van der Waals surface area contributed by atoms with E-state index in [1.54, 1.807) is 0 Å². The van der Waals surface area contributed by atoms with E-state index >= 15 is 0 Å². The van der Waals surface area contributed by atoms with Crippen LogP contribution in [-0.2, 0) is 14.4 Å². The molecule has 2 unspecified atom stereocenters. The predicted molar refractivity (Wildman–Crippen MR) is 96.2 cm³/mol. The first-order chi connectivity index (χ1) is 13.9. The maximum absolute atomic E-state index is 12.0. The van der Waals surface area contributed by atoms with Crippen LogP contribution in [0.4, 0.5) is 19.0 Å². The summed E-state index contributed by atoms with van der Waals surface area (Å²) in [5.41, 5.74) is 10.6. The molecule has 0 aromatic carbocycles. The predicted octanol–water partition coefficient (Wildman–Crippen LogP) is 0.105. The minimum atomic E-state index is -4.42. The van der Waals surface area contributed by atoms with Crippen LogP contribution in [0, 0.1) is 5.92 Å². The molecule has 2 rings (SSSR count). The molecule has 166 valence electrons. The average molecular weight is 435 g/mol. The molecule has 0 saturated heterocycles. The summed E-state index contributed by atoms with van der Waals surface area (Å²) in [5.74, 6) is -3.28. The molecular weight excluding hydrogens is 415 g/mol. The number of carboxylic acid groups (broad SMARTS) is 2. The van der Waals surface area contributed by atoms with Crippen LogP contribution in [-0.4, -0.2) is 61.7 Å². The maximum Gasteiger partial charge on any atom is 0.408 e. The van der Waals surface area contributed by atoms with Crippen molar-refractivity contribution in [1.82, 2.24) is 15.0 Å². The monoisotopic (exact) mass is 435 g/mol. The number of aliphatic carboxylic acids is 2. The Balaban J connectivity index is 0.000000479. The van der Waals surface area contributed by atoms with Gasteiger partial charge in [-0.3, -0.25) is 4.79 Å². The van der Waals surface area contributed by atoms with Crippen LogP contribution in [0.25, 0.3) is 0 Å². The fourth-order valence-electron chi connectivity index (χ4n) is 2.42. The largest absolute Gasteiger partial charge is 0.478 e. The highest BCUT2D eigenvalue weighted by atomic mass is 19.4. The van der Waals surface area contributed by atoms with E-state index in [9.17, 15) is 27.6 Å². The van der Waals surface area contributed by atoms with Crippen LogP contribution >= 0.6 is 0 Å². The number of aliphatic imine (C=N–C) groups is 1. The molecule has 0 spiro atoms. The second-order valence-electron chi connectivity index (χ2n) is 6.07. The molecule has 30 heavy (non-hydrogen) atoms. The number of carboxylic acids is 2. The van der Waals surface area contributed by atoms with Crippen molar-refractivity contribution in [3.8, 4) is 0 Å². The summed E-state index contributed by atoms with van der Waals surface area (Å²) in [6.45, 7) is -1.37. The van der Waals surface area contributed by atoms with Gasteiger partial charge in [-0.05, 0) is 19.3 Å². The molecule has 0 bridgehead atoms. The van der Waals surface area contributed by atoms with E-state index in [0.717, 1.165) is 0 Å². The van der Waals surface area contributed by atoms with Crippen molar-refractivity contribution in [3.63, 3.8) is 0 Å². The Morgan fingerprint density at radius 2 is 1.83 bits per heavy atom. The summed E-state index contributed by atoms with van der Waals surface area (Å²) >= 11 is 0. The zero-order chi connectivity index (χ0) is 22.9. The van der Waals surface area contributed by atoms with Gasteiger partial charge >= 0.3 is 18.1 Å². The number of nitrogens with zero attached hydrogens (tertiary/aromatic N) is 4. The van der Waals surface area contributed by atoms with Gasteiger partial charge in [0.15, 0.2) is 11.8 Å². The number of hydrogen-bond donors (Lipinski definition) is 5. The first-order valence-corrected chi connectivity index (χ1v) is 8.36. The van der Waals surface area contributed by atoms with Crippen molar-refractivity contribution in [1.29, 1.82) is 0 Å². The second kappa shape index (κ2) is 10.8. The Labute approximate surface area is 167 Å². The smallest absolute Gasteiger partial charge is 0.408 e. The molecule has 1 aliphatic carbocycles. The topological polar surface area (TPSA) is 199 Å². The summed E-state index contributed by atoms with van der Waals surface area (Å²) in [6.07, 6.45) is -0.0598. The third kappa shape index (κ3) is 9.52. The van der Waals surface area contributed by atoms with Crippen molar-refractivity contribution < 1.29 is 37.8 Å². The second-order valence-corrected chi connectivity index (χ2v) is 6.07. The molecule has 1 aromatic rings. The average Bonchev–Trinajstić information content (AvgIpc) is 3.27. The molecule has 2 atom stereocenters. The minimum absolute atomic E-state index is 0.0682. The maximum atomic E-state index is 12.0. The highest BCUT2D eigenvalue weighted by molar-refractivity contribution is 5.91. The number of rotatable bonds is 6. The lowest BCUT2D eigenvalue weighted by Gasteiger charge is -2.08. The molecule has 12 nitrogen and oxygen atoms in total. The molecule has 0 aliphatic heterocycles. The number of alkyl halides is 3. The van der Waals surface area contributed by atoms with Crippen LogP contribution in [0.1, 0.15) is 25.3 Å². The van der Waals surface area contributed by atoms with Gasteiger partial charge in [-0.1, -0.05) is 0 Å². The molecule has 1 fully saturated rings. The van der Waals surface area contributed by atoms with Gasteiger partial charge in [0.05, 0.1) is 12.2 Å². The summed E-state index contributed by atoms with van der Waals surface area (Å²) in [7, 11) is 0. The number of guanidine groups is 1. The first-order valence-electron chi connectivity index (χ1n) is 8.36. The van der Waals surface area contributed by atoms with E-state index in [2.05, 4.69) is 20.5 Å². The number of amides is 1. The number of carbonyl (C=O) groups excluding carboxylic acids is 1. The third-order valence-corrected chi connectivity index (χ3v) is 3.70. The quantitative estimate of drug-likeness (QED) is 0.234. The van der Waals surface area contributed by atoms with Gasteiger partial charge in [0.2, 0.25) is 5.91 Å². The Hall–Kier alpha value is -3.65. The van der Waals surface area contributed by atoms with Crippen molar-refractivity contribution >= 4 is 29.6 Å². The number of nitrogens with one attached hydrogen (secondary N) is 1. The van der Waals surface area contributed by atoms with Crippen molar-refractivity contribution in [3.05, 3.63) is 18.3 Å². The van der Waals surface area contributed by atoms with E-state index in [4.69, 9.17) is 21.7 Å². The Bertz CT molecular complexity index is 806. The van der Waals surface area contributed by atoms with E-state index in [1.807, 2.05) is 0 Å². The highest BCUT2D eigenvalue weighted by Gasteiger charge is 2.31. The number of anilines is 1. The molecule has 7 N–H and O–H groups in total. The Morgan fingerprint density at radius 1 is 1.23 bits per heavy atom. The summed E-state index contributed by atoms with van der Waals surface area (Å²) in [6, 6.07) is -0.0682. The fourth-order valence-corrected chi connectivity index (χ4v) is 2.42. The van der Waals surface area contributed by atoms with E-state index in [1.165, 1.54) is 11.0 Å². The molecule has 0 radical (unpaired) electrons. The normalized spacial score (nSPS) is 19.2. The lowest BCUT2D eigenvalue weighted by atomic mass is 10.1. The van der Waals surface area contributed by atoms with Crippen molar-refractivity contribution in [2.45, 2.75) is 31.5 Å². The summed E-state index contributed by atoms with van der Waals surface area (Å²) in [4.78, 5) is 34.8. The molecule has 1 aliphatic rings. The van der Waals surface area contributed by atoms with Crippen molar-refractivity contribution in [2.24, 2.45) is 22.4 Å². The molecule has 15 heteroatoms. The number of halogens is 3. The van der Waals surface area contributed by atoms with Crippen molar-refractivity contribution in [2.75, 3.05) is 11.9 Å². The molecule has 1 amide bonds. The van der Waals surface area contributed by atoms with Crippen LogP contribution in [0.5, 0.6) is 0 Å². The van der Waals surface area contributed by atoms with E-state index in [-0.39, 0.29) is 23.7 Å². The van der Waals surface area contributed by atoms with Gasteiger partial charge in [-0.25, -0.2) is 14.6 Å². The van der Waals surface area contributed by atoms with E-state index in [0.29, 0.717) is 31.4 Å². The van der Waals surface area contributed by atoms with Crippen LogP contribution < -0.4 is 16.8 Å². The fraction of sp³-hybridized carbons (Fsp3) is 0.467. The molecular formula is C15H20F3N7O5. The van der Waals surface area contributed by atoms with Crippen LogP contribution in [0.2, 0.25) is 0 Å². The number of aromatic nitrogens is 3. The molecule has 1 aromatic heterocycles. The number of primary amides is 1. The zero-order valence-corrected chi connectivity index (χ0v) is 15.4. The van der Waals surface area contributed by atoms with Crippen LogP contribution in [0.15, 0.2) is 23.3 Å². The SMILES string of the molecule is NC(=O)C1CCC(n2ncc(NC(N)=NCC(F)(F)F)n2)C1.O=C(O)C=CC(=O)O. The summed E-state index contributed by atoms with van der Waals surface area (Å²) < 4.78 is 36.0. The highest BCUT2D eigenvalue weighted by Crippen LogP contribution is 2.33. The number of carbonyl (C=O) groups is 3. The van der Waals surface area contributed by atoms with Gasteiger partial charge in [0.25, 0.3) is 0 Å². The van der Waals surface area contributed by atoms with Crippen LogP contribution in [0.3, 0.4) is 0 Å². The Kier molecular flexibility index (Phi) is 8.76. The first kappa shape index (κ1) is 24.4. The number of nitrogens with two attached hydrogens (primary N) is 2. The Morgan fingerprint density at radius 3 is 2.30 bits per heavy atom. The van der Waals surface area contributed by atoms with Gasteiger partial charge in [-0.15, -0.1) is 5.10 Å². The lowest BCUT2D eigenvalue weighted by Crippen LogP contribution is -2.26. The van der Waals surface area contributed by atoms with Gasteiger partial charge < -0.3 is 27.0 Å². The van der Waals surface area contributed by atoms with Gasteiger partial charge in [0, 0.05) is 18.1 Å².